The number of benzene rings is 7. The van der Waals surface area contributed by atoms with Gasteiger partial charge in [-0.15, -0.1) is 11.3 Å². The van der Waals surface area contributed by atoms with Crippen molar-refractivity contribution >= 4 is 96.9 Å². The first kappa shape index (κ1) is 25.0. The molecule has 0 radical (unpaired) electrons. The fourth-order valence-electron chi connectivity index (χ4n) is 7.80. The van der Waals surface area contributed by atoms with Gasteiger partial charge in [-0.2, -0.15) is 5.26 Å². The Morgan fingerprint density at radius 1 is 0.574 bits per heavy atom. The van der Waals surface area contributed by atoms with E-state index in [2.05, 4.69) is 95.6 Å². The van der Waals surface area contributed by atoms with E-state index in [-0.39, 0.29) is 0 Å². The largest absolute Gasteiger partial charge is 0.456 e. The summed E-state index contributed by atoms with van der Waals surface area (Å²) in [5, 5.41) is 21.2. The third-order valence-corrected chi connectivity index (χ3v) is 10.9. The Labute approximate surface area is 271 Å². The van der Waals surface area contributed by atoms with Crippen molar-refractivity contribution < 1.29 is 4.42 Å². The van der Waals surface area contributed by atoms with Crippen LogP contribution in [-0.4, -0.2) is 9.55 Å². The van der Waals surface area contributed by atoms with Crippen molar-refractivity contribution in [3.63, 3.8) is 0 Å². The maximum atomic E-state index is 10.3. The molecule has 0 spiro atoms. The van der Waals surface area contributed by atoms with Gasteiger partial charge in [0.15, 0.2) is 0 Å². The maximum absolute atomic E-state index is 10.3. The summed E-state index contributed by atoms with van der Waals surface area (Å²) in [4.78, 5) is 4.82. The van der Waals surface area contributed by atoms with Crippen LogP contribution in [-0.2, 0) is 0 Å². The van der Waals surface area contributed by atoms with Crippen LogP contribution in [0.3, 0.4) is 0 Å². The number of nitrogens with zero attached hydrogens (tertiary/aromatic N) is 3. The molecule has 11 rings (SSSR count). The number of aromatic nitrogens is 2. The van der Waals surface area contributed by atoms with E-state index in [4.69, 9.17) is 9.40 Å². The topological polar surface area (TPSA) is 54.8 Å². The van der Waals surface area contributed by atoms with Crippen molar-refractivity contribution in [2.24, 2.45) is 0 Å². The van der Waals surface area contributed by atoms with Gasteiger partial charge in [0.2, 0.25) is 0 Å². The molecule has 11 aromatic rings. The number of hydrogen-bond acceptors (Lipinski definition) is 4. The molecule has 47 heavy (non-hydrogen) atoms. The first-order valence-electron chi connectivity index (χ1n) is 15.6. The lowest BCUT2D eigenvalue weighted by atomic mass is 9.92. The summed E-state index contributed by atoms with van der Waals surface area (Å²) in [5.41, 5.74) is 8.24. The quantitative estimate of drug-likeness (QED) is 0.182. The second-order valence-corrected chi connectivity index (χ2v) is 13.4. The van der Waals surface area contributed by atoms with Crippen LogP contribution in [0.5, 0.6) is 0 Å². The number of nitriles is 1. The Morgan fingerprint density at radius 3 is 2.26 bits per heavy atom. The lowest BCUT2D eigenvalue weighted by Gasteiger charge is -2.13. The van der Waals surface area contributed by atoms with Crippen molar-refractivity contribution in [2.75, 3.05) is 0 Å². The van der Waals surface area contributed by atoms with E-state index in [0.29, 0.717) is 5.56 Å². The third kappa shape index (κ3) is 3.32. The summed E-state index contributed by atoms with van der Waals surface area (Å²) in [6.07, 6.45) is 1.83. The van der Waals surface area contributed by atoms with Gasteiger partial charge in [-0.1, -0.05) is 54.6 Å². The van der Waals surface area contributed by atoms with Gasteiger partial charge < -0.3 is 8.98 Å². The minimum atomic E-state index is 0.610. The van der Waals surface area contributed by atoms with Crippen LogP contribution in [0.4, 0.5) is 0 Å². The van der Waals surface area contributed by atoms with Crippen molar-refractivity contribution in [3.8, 4) is 22.9 Å². The van der Waals surface area contributed by atoms with E-state index in [9.17, 15) is 5.26 Å². The normalized spacial score (nSPS) is 12.2. The molecule has 216 valence electrons. The zero-order chi connectivity index (χ0) is 30.8. The zero-order valence-corrected chi connectivity index (χ0v) is 25.6. The van der Waals surface area contributed by atoms with E-state index in [0.717, 1.165) is 60.7 Å². The molecule has 0 bridgehead atoms. The lowest BCUT2D eigenvalue weighted by Crippen LogP contribution is -1.96. The van der Waals surface area contributed by atoms with Crippen molar-refractivity contribution in [3.05, 3.63) is 133 Å². The predicted octanol–water partition coefficient (Wildman–Crippen LogP) is 11.7. The molecule has 0 saturated carbocycles. The Balaban J connectivity index is 1.22. The van der Waals surface area contributed by atoms with Crippen LogP contribution >= 0.6 is 11.3 Å². The van der Waals surface area contributed by atoms with E-state index in [1.54, 1.807) is 0 Å². The summed E-state index contributed by atoms with van der Waals surface area (Å²) in [6.45, 7) is 0. The van der Waals surface area contributed by atoms with Crippen LogP contribution in [0.25, 0.3) is 102 Å². The first-order valence-corrected chi connectivity index (χ1v) is 16.4. The highest BCUT2D eigenvalue weighted by Crippen LogP contribution is 2.47. The van der Waals surface area contributed by atoms with E-state index in [1.807, 2.05) is 53.9 Å². The SMILES string of the molecule is N#Cc1cc(-c2cc3sc4cccc5c6ccccc6c(c2)c3c45)cc(-n2c3cc4c(cc3c3ncccc32)oc2ccccc24)c1. The second kappa shape index (κ2) is 8.95. The molecule has 0 fully saturated rings. The molecular weight excluding hydrogens is 595 g/mol. The molecule has 0 amide bonds. The van der Waals surface area contributed by atoms with Crippen LogP contribution in [0, 0.1) is 11.3 Å². The van der Waals surface area contributed by atoms with Gasteiger partial charge in [0.1, 0.15) is 11.2 Å². The van der Waals surface area contributed by atoms with E-state index < -0.39 is 0 Å². The van der Waals surface area contributed by atoms with Gasteiger partial charge in [0, 0.05) is 48.2 Å². The number of pyridine rings is 1. The number of rotatable bonds is 2. The predicted molar refractivity (Wildman–Crippen MR) is 195 cm³/mol. The van der Waals surface area contributed by atoms with Gasteiger partial charge >= 0.3 is 0 Å². The van der Waals surface area contributed by atoms with Crippen molar-refractivity contribution in [1.29, 1.82) is 5.26 Å². The third-order valence-electron chi connectivity index (χ3n) is 9.76. The zero-order valence-electron chi connectivity index (χ0n) is 24.8. The minimum Gasteiger partial charge on any atom is -0.456 e. The standard InChI is InChI=1S/C42H21N3OS/c43-22-23-15-24(25-18-32-28-8-2-1-7-27(28)30-10-5-13-38-40(30)41(32)39(19-25)47-38)17-26(16-23)45-34-11-6-14-44-42(34)33-21-37-31(20-35(33)45)29-9-3-4-12-36(29)46-37/h1-21H. The number of thiophene rings is 1. The molecule has 0 aliphatic rings. The molecule has 5 heteroatoms. The van der Waals surface area contributed by atoms with Crippen LogP contribution < -0.4 is 0 Å². The Bertz CT molecular complexity index is 3150. The number of fused-ring (bicyclic) bond motifs is 9. The molecule has 4 aromatic heterocycles. The number of para-hydroxylation sites is 1. The van der Waals surface area contributed by atoms with Crippen LogP contribution in [0.2, 0.25) is 0 Å². The van der Waals surface area contributed by atoms with Crippen LogP contribution in [0.1, 0.15) is 5.56 Å². The smallest absolute Gasteiger partial charge is 0.136 e. The molecule has 0 unspecified atom stereocenters. The second-order valence-electron chi connectivity index (χ2n) is 12.3. The number of furan rings is 1. The molecule has 0 N–H and O–H groups in total. The fraction of sp³-hybridized carbons (Fsp3) is 0. The molecular formula is C42H21N3OS. The van der Waals surface area contributed by atoms with Crippen molar-refractivity contribution in [2.45, 2.75) is 0 Å². The van der Waals surface area contributed by atoms with Crippen molar-refractivity contribution in [1.82, 2.24) is 9.55 Å². The van der Waals surface area contributed by atoms with Crippen LogP contribution in [0.15, 0.2) is 132 Å². The monoisotopic (exact) mass is 615 g/mol. The summed E-state index contributed by atoms with van der Waals surface area (Å²) < 4.78 is 11.1. The Morgan fingerprint density at radius 2 is 1.36 bits per heavy atom. The summed E-state index contributed by atoms with van der Waals surface area (Å²) in [6, 6.07) is 45.2. The van der Waals surface area contributed by atoms with Gasteiger partial charge in [-0.3, -0.25) is 4.98 Å². The van der Waals surface area contributed by atoms with Gasteiger partial charge in [0.25, 0.3) is 0 Å². The minimum absolute atomic E-state index is 0.610. The highest BCUT2D eigenvalue weighted by molar-refractivity contribution is 7.26. The molecule has 0 aliphatic carbocycles. The molecule has 4 heterocycles. The Hall–Kier alpha value is -6.22. The highest BCUT2D eigenvalue weighted by Gasteiger charge is 2.20. The molecule has 0 saturated heterocycles. The summed E-state index contributed by atoms with van der Waals surface area (Å²) in [5.74, 6) is 0. The molecule has 7 aromatic carbocycles. The molecule has 0 atom stereocenters. The molecule has 4 nitrogen and oxygen atoms in total. The Kier molecular flexibility index (Phi) is 4.76. The molecule has 0 aliphatic heterocycles. The fourth-order valence-corrected chi connectivity index (χ4v) is 9.00. The summed E-state index contributed by atoms with van der Waals surface area (Å²) in [7, 11) is 0. The highest BCUT2D eigenvalue weighted by atomic mass is 32.1. The van der Waals surface area contributed by atoms with Gasteiger partial charge in [-0.25, -0.2) is 0 Å². The van der Waals surface area contributed by atoms with Gasteiger partial charge in [0.05, 0.1) is 28.2 Å². The number of hydrogen-bond donors (Lipinski definition) is 0. The van der Waals surface area contributed by atoms with E-state index in [1.165, 1.54) is 41.7 Å². The van der Waals surface area contributed by atoms with Gasteiger partial charge in [-0.05, 0) is 99.4 Å². The maximum Gasteiger partial charge on any atom is 0.136 e. The van der Waals surface area contributed by atoms with E-state index >= 15 is 0 Å². The average Bonchev–Trinajstić information content (AvgIpc) is 3.79. The average molecular weight is 616 g/mol. The summed E-state index contributed by atoms with van der Waals surface area (Å²) >= 11 is 1.84. The lowest BCUT2D eigenvalue weighted by molar-refractivity contribution is 0.669. The first-order chi connectivity index (χ1) is 23.2.